The van der Waals surface area contributed by atoms with E-state index in [1.807, 2.05) is 30.3 Å². The van der Waals surface area contributed by atoms with Gasteiger partial charge in [-0.2, -0.15) is 4.68 Å². The van der Waals surface area contributed by atoms with Gasteiger partial charge in [-0.15, -0.1) is 5.10 Å². The fourth-order valence-electron chi connectivity index (χ4n) is 2.25. The topological polar surface area (TPSA) is 63.9 Å². The first-order valence-electron chi connectivity index (χ1n) is 7.53. The van der Waals surface area contributed by atoms with Crippen LogP contribution in [0.5, 0.6) is 0 Å². The van der Waals surface area contributed by atoms with E-state index in [-0.39, 0.29) is 11.7 Å². The Hall–Kier alpha value is -2.74. The summed E-state index contributed by atoms with van der Waals surface area (Å²) < 4.78 is 14.9. The van der Waals surface area contributed by atoms with Crippen LogP contribution in [0.15, 0.2) is 59.8 Å². The van der Waals surface area contributed by atoms with Gasteiger partial charge in [0.2, 0.25) is 11.1 Å². The van der Waals surface area contributed by atoms with Crippen molar-refractivity contribution in [2.24, 2.45) is 0 Å². The van der Waals surface area contributed by atoms with Crippen LogP contribution in [0, 0.1) is 5.82 Å². The van der Waals surface area contributed by atoms with E-state index >= 15 is 0 Å². The molecule has 1 aromatic heterocycles. The maximum Gasteiger partial charge on any atom is 0.240 e. The lowest BCUT2D eigenvalue weighted by molar-refractivity contribution is -0.128. The third-order valence-electron chi connectivity index (χ3n) is 3.48. The van der Waals surface area contributed by atoms with E-state index in [1.54, 1.807) is 26.2 Å². The second-order valence-electron chi connectivity index (χ2n) is 5.49. The predicted octanol–water partition coefficient (Wildman–Crippen LogP) is 2.72. The van der Waals surface area contributed by atoms with Crippen molar-refractivity contribution in [2.45, 2.75) is 10.4 Å². The van der Waals surface area contributed by atoms with E-state index in [0.29, 0.717) is 10.8 Å². The third-order valence-corrected chi connectivity index (χ3v) is 4.66. The summed E-state index contributed by atoms with van der Waals surface area (Å²) in [5.41, 5.74) is 1.34. The van der Waals surface area contributed by atoms with Gasteiger partial charge in [0.15, 0.2) is 0 Å². The number of likely N-dealkylation sites (N-methyl/N-ethyl adjacent to an activating group) is 1. The van der Waals surface area contributed by atoms with Gasteiger partial charge < -0.3 is 4.90 Å². The summed E-state index contributed by atoms with van der Waals surface area (Å²) in [7, 11) is 3.41. The first kappa shape index (κ1) is 17.1. The van der Waals surface area contributed by atoms with Crippen molar-refractivity contribution in [3.8, 4) is 5.69 Å². The smallest absolute Gasteiger partial charge is 0.240 e. The van der Waals surface area contributed by atoms with Gasteiger partial charge in [-0.25, -0.2) is 4.39 Å². The predicted molar refractivity (Wildman–Crippen MR) is 92.8 cm³/mol. The largest absolute Gasteiger partial charge is 0.348 e. The molecule has 6 nitrogen and oxygen atoms in total. The zero-order chi connectivity index (χ0) is 17.8. The summed E-state index contributed by atoms with van der Waals surface area (Å²) in [5, 5.41) is 11.5. The Bertz CT molecular complexity index is 868. The van der Waals surface area contributed by atoms with Gasteiger partial charge in [-0.05, 0) is 34.2 Å². The molecule has 1 atom stereocenters. The number of rotatable bonds is 5. The summed E-state index contributed by atoms with van der Waals surface area (Å²) in [6, 6.07) is 15.4. The Morgan fingerprint density at radius 3 is 2.60 bits per heavy atom. The lowest BCUT2D eigenvalue weighted by Crippen LogP contribution is -2.27. The molecule has 0 bridgehead atoms. The van der Waals surface area contributed by atoms with Crippen LogP contribution < -0.4 is 0 Å². The van der Waals surface area contributed by atoms with E-state index in [9.17, 15) is 9.18 Å². The summed E-state index contributed by atoms with van der Waals surface area (Å²) in [5.74, 6) is -0.460. The highest BCUT2D eigenvalue weighted by atomic mass is 32.2. The molecule has 1 heterocycles. The molecule has 0 radical (unpaired) electrons. The molecule has 0 spiro atoms. The quantitative estimate of drug-likeness (QED) is 0.657. The number of hydrogen-bond acceptors (Lipinski definition) is 5. The maximum absolute atomic E-state index is 13.5. The Labute approximate surface area is 148 Å². The molecule has 3 rings (SSSR count). The molecule has 0 aliphatic heterocycles. The highest BCUT2D eigenvalue weighted by Crippen LogP contribution is 2.35. The monoisotopic (exact) mass is 357 g/mol. The average Bonchev–Trinajstić information content (AvgIpc) is 3.08. The molecule has 2 aromatic carbocycles. The van der Waals surface area contributed by atoms with Gasteiger partial charge in [-0.1, -0.05) is 48.2 Å². The molecule has 0 saturated heterocycles. The van der Waals surface area contributed by atoms with Gasteiger partial charge in [0.25, 0.3) is 0 Å². The molecule has 0 fully saturated rings. The second-order valence-corrected chi connectivity index (χ2v) is 6.57. The van der Waals surface area contributed by atoms with Crippen LogP contribution in [0.3, 0.4) is 0 Å². The van der Waals surface area contributed by atoms with Crippen LogP contribution in [-0.2, 0) is 4.79 Å². The molecule has 1 amide bonds. The van der Waals surface area contributed by atoms with Crippen LogP contribution in [0.2, 0.25) is 0 Å². The van der Waals surface area contributed by atoms with E-state index in [0.717, 1.165) is 5.56 Å². The van der Waals surface area contributed by atoms with Crippen molar-refractivity contribution in [1.82, 2.24) is 25.1 Å². The summed E-state index contributed by atoms with van der Waals surface area (Å²) >= 11 is 1.23. The SMILES string of the molecule is CN(C)C(=O)[C@@H](Sc1nnnn1-c1cccc(F)c1)c1ccccc1. The van der Waals surface area contributed by atoms with Gasteiger partial charge in [-0.3, -0.25) is 4.79 Å². The molecule has 0 saturated carbocycles. The number of benzene rings is 2. The minimum atomic E-state index is -0.505. The minimum Gasteiger partial charge on any atom is -0.348 e. The lowest BCUT2D eigenvalue weighted by atomic mass is 10.1. The zero-order valence-electron chi connectivity index (χ0n) is 13.7. The first-order valence-corrected chi connectivity index (χ1v) is 8.41. The molecule has 0 N–H and O–H groups in total. The maximum atomic E-state index is 13.5. The number of tetrazole rings is 1. The van der Waals surface area contributed by atoms with E-state index < -0.39 is 5.25 Å². The van der Waals surface area contributed by atoms with Crippen LogP contribution >= 0.6 is 11.8 Å². The molecule has 0 aliphatic rings. The zero-order valence-corrected chi connectivity index (χ0v) is 14.5. The van der Waals surface area contributed by atoms with E-state index in [1.165, 1.54) is 33.5 Å². The first-order chi connectivity index (χ1) is 12.1. The second kappa shape index (κ2) is 7.43. The minimum absolute atomic E-state index is 0.0787. The van der Waals surface area contributed by atoms with Crippen LogP contribution in [-0.4, -0.2) is 45.1 Å². The number of aromatic nitrogens is 4. The van der Waals surface area contributed by atoms with Crippen molar-refractivity contribution < 1.29 is 9.18 Å². The van der Waals surface area contributed by atoms with Crippen molar-refractivity contribution in [1.29, 1.82) is 0 Å². The molecule has 0 unspecified atom stereocenters. The molecule has 25 heavy (non-hydrogen) atoms. The number of nitrogens with zero attached hydrogens (tertiary/aromatic N) is 5. The molecule has 128 valence electrons. The summed E-state index contributed by atoms with van der Waals surface area (Å²) in [6.45, 7) is 0. The lowest BCUT2D eigenvalue weighted by Gasteiger charge is -2.20. The normalized spacial score (nSPS) is 12.0. The number of amides is 1. The van der Waals surface area contributed by atoms with Crippen LogP contribution in [0.25, 0.3) is 5.69 Å². The number of carbonyl (C=O) groups is 1. The molecular formula is C17H16FN5OS. The van der Waals surface area contributed by atoms with Gasteiger partial charge in [0, 0.05) is 14.1 Å². The summed E-state index contributed by atoms with van der Waals surface area (Å²) in [6.07, 6.45) is 0. The number of halogens is 1. The highest BCUT2D eigenvalue weighted by Gasteiger charge is 2.26. The highest BCUT2D eigenvalue weighted by molar-refractivity contribution is 8.00. The molecule has 3 aromatic rings. The van der Waals surface area contributed by atoms with E-state index in [4.69, 9.17) is 0 Å². The Balaban J connectivity index is 1.96. The Morgan fingerprint density at radius 2 is 1.92 bits per heavy atom. The standard InChI is InChI=1S/C17H16FN5OS/c1-22(2)16(24)15(12-7-4-3-5-8-12)25-17-19-20-21-23(17)14-10-6-9-13(18)11-14/h3-11,15H,1-2H3/t15-/m0/s1. The van der Waals surface area contributed by atoms with Crippen molar-refractivity contribution in [2.75, 3.05) is 14.1 Å². The van der Waals surface area contributed by atoms with Crippen molar-refractivity contribution in [3.05, 3.63) is 66.0 Å². The molecule has 0 aliphatic carbocycles. The average molecular weight is 357 g/mol. The summed E-state index contributed by atoms with van der Waals surface area (Å²) in [4.78, 5) is 14.2. The van der Waals surface area contributed by atoms with Crippen LogP contribution in [0.4, 0.5) is 4.39 Å². The van der Waals surface area contributed by atoms with Gasteiger partial charge in [0.05, 0.1) is 5.69 Å². The fraction of sp³-hybridized carbons (Fsp3) is 0.176. The van der Waals surface area contributed by atoms with Crippen molar-refractivity contribution >= 4 is 17.7 Å². The Kier molecular flexibility index (Phi) is 5.08. The van der Waals surface area contributed by atoms with Crippen molar-refractivity contribution in [3.63, 3.8) is 0 Å². The molecular weight excluding hydrogens is 341 g/mol. The van der Waals surface area contributed by atoms with Gasteiger partial charge >= 0.3 is 0 Å². The Morgan fingerprint density at radius 1 is 1.16 bits per heavy atom. The fourth-order valence-corrected chi connectivity index (χ4v) is 3.39. The number of hydrogen-bond donors (Lipinski definition) is 0. The van der Waals surface area contributed by atoms with Crippen LogP contribution in [0.1, 0.15) is 10.8 Å². The van der Waals surface area contributed by atoms with Gasteiger partial charge in [0.1, 0.15) is 11.1 Å². The molecule has 8 heteroatoms. The number of carbonyl (C=O) groups excluding carboxylic acids is 1. The van der Waals surface area contributed by atoms with E-state index in [2.05, 4.69) is 15.5 Å². The number of thioether (sulfide) groups is 1. The third kappa shape index (κ3) is 3.85.